The van der Waals surface area contributed by atoms with E-state index < -0.39 is 0 Å². The van der Waals surface area contributed by atoms with Gasteiger partial charge in [0.2, 0.25) is 5.91 Å². The van der Waals surface area contributed by atoms with Crippen molar-refractivity contribution in [3.63, 3.8) is 0 Å². The van der Waals surface area contributed by atoms with Crippen LogP contribution in [-0.2, 0) is 9.53 Å². The van der Waals surface area contributed by atoms with Gasteiger partial charge in [-0.25, -0.2) is 4.79 Å². The molecule has 1 N–H and O–H groups in total. The zero-order valence-corrected chi connectivity index (χ0v) is 13.3. The Labute approximate surface area is 132 Å². The quantitative estimate of drug-likeness (QED) is 0.853. The van der Waals surface area contributed by atoms with Crippen LogP contribution in [0.2, 0.25) is 0 Å². The Bertz CT molecular complexity index is 409. The van der Waals surface area contributed by atoms with E-state index in [1.54, 1.807) is 0 Å². The molecule has 1 atom stereocenters. The molecular formula is C16H27N3O3. The predicted molar refractivity (Wildman–Crippen MR) is 82.5 cm³/mol. The highest BCUT2D eigenvalue weighted by atomic mass is 16.5. The molecule has 2 heterocycles. The number of ether oxygens (including phenoxy) is 1. The monoisotopic (exact) mass is 309 g/mol. The fraction of sp³-hybridized carbons (Fsp3) is 0.875. The predicted octanol–water partition coefficient (Wildman–Crippen LogP) is 1.35. The number of carbonyl (C=O) groups excluding carboxylic acids is 2. The van der Waals surface area contributed by atoms with Crippen LogP contribution in [0.5, 0.6) is 0 Å². The summed E-state index contributed by atoms with van der Waals surface area (Å²) in [5, 5.41) is 2.84. The Morgan fingerprint density at radius 2 is 1.95 bits per heavy atom. The van der Waals surface area contributed by atoms with Crippen molar-refractivity contribution in [1.82, 2.24) is 15.1 Å². The lowest BCUT2D eigenvalue weighted by atomic mass is 9.98. The molecule has 2 saturated heterocycles. The summed E-state index contributed by atoms with van der Waals surface area (Å²) in [6, 6.07) is 0.174. The normalized spacial score (nSPS) is 27.1. The Hall–Kier alpha value is -1.30. The van der Waals surface area contributed by atoms with E-state index in [1.807, 2.05) is 9.80 Å². The molecule has 0 aromatic heterocycles. The summed E-state index contributed by atoms with van der Waals surface area (Å²) in [5.74, 6) is 0.0786. The summed E-state index contributed by atoms with van der Waals surface area (Å²) in [6.45, 7) is 3.11. The SMILES string of the molecule is O=C(COC1CCCCC1)N1CCCC(N2CCNC2=O)C1. The number of piperidine rings is 1. The lowest BCUT2D eigenvalue weighted by Crippen LogP contribution is -2.51. The van der Waals surface area contributed by atoms with E-state index in [4.69, 9.17) is 4.74 Å². The highest BCUT2D eigenvalue weighted by Crippen LogP contribution is 2.21. The molecule has 3 amide bonds. The molecule has 1 unspecified atom stereocenters. The second-order valence-corrected chi connectivity index (χ2v) is 6.63. The van der Waals surface area contributed by atoms with Crippen molar-refractivity contribution in [3.8, 4) is 0 Å². The molecule has 1 aliphatic carbocycles. The Balaban J connectivity index is 1.46. The third-order valence-electron chi connectivity index (χ3n) is 5.07. The summed E-state index contributed by atoms with van der Waals surface area (Å²) >= 11 is 0. The summed E-state index contributed by atoms with van der Waals surface area (Å²) < 4.78 is 5.80. The van der Waals surface area contributed by atoms with E-state index in [2.05, 4.69) is 5.32 Å². The summed E-state index contributed by atoms with van der Waals surface area (Å²) in [5.41, 5.74) is 0. The van der Waals surface area contributed by atoms with Crippen molar-refractivity contribution < 1.29 is 14.3 Å². The average Bonchev–Trinajstić information content (AvgIpc) is 3.00. The van der Waals surface area contributed by atoms with Gasteiger partial charge in [0.05, 0.1) is 12.1 Å². The highest BCUT2D eigenvalue weighted by molar-refractivity contribution is 5.78. The fourth-order valence-corrected chi connectivity index (χ4v) is 3.78. The van der Waals surface area contributed by atoms with Crippen molar-refractivity contribution in [2.24, 2.45) is 0 Å². The van der Waals surface area contributed by atoms with Crippen LogP contribution in [-0.4, -0.2) is 66.7 Å². The number of carbonyl (C=O) groups is 2. The van der Waals surface area contributed by atoms with Gasteiger partial charge in [-0.05, 0) is 25.7 Å². The first-order valence-corrected chi connectivity index (χ1v) is 8.68. The van der Waals surface area contributed by atoms with Gasteiger partial charge in [-0.1, -0.05) is 19.3 Å². The minimum Gasteiger partial charge on any atom is -0.368 e. The van der Waals surface area contributed by atoms with Crippen LogP contribution in [0.1, 0.15) is 44.9 Å². The van der Waals surface area contributed by atoms with Gasteiger partial charge in [0.15, 0.2) is 0 Å². The molecule has 6 nitrogen and oxygen atoms in total. The van der Waals surface area contributed by atoms with Crippen LogP contribution in [0.25, 0.3) is 0 Å². The zero-order valence-electron chi connectivity index (χ0n) is 13.3. The van der Waals surface area contributed by atoms with Crippen LogP contribution >= 0.6 is 0 Å². The highest BCUT2D eigenvalue weighted by Gasteiger charge is 2.32. The van der Waals surface area contributed by atoms with Gasteiger partial charge in [0.25, 0.3) is 0 Å². The van der Waals surface area contributed by atoms with E-state index >= 15 is 0 Å². The first-order valence-electron chi connectivity index (χ1n) is 8.68. The smallest absolute Gasteiger partial charge is 0.317 e. The summed E-state index contributed by atoms with van der Waals surface area (Å²) in [4.78, 5) is 27.9. The van der Waals surface area contributed by atoms with E-state index in [1.165, 1.54) is 19.3 Å². The topological polar surface area (TPSA) is 61.9 Å². The number of urea groups is 1. The van der Waals surface area contributed by atoms with Gasteiger partial charge in [-0.2, -0.15) is 0 Å². The molecule has 124 valence electrons. The van der Waals surface area contributed by atoms with Crippen molar-refractivity contribution >= 4 is 11.9 Å². The zero-order chi connectivity index (χ0) is 15.4. The third kappa shape index (κ3) is 3.72. The lowest BCUT2D eigenvalue weighted by molar-refractivity contribution is -0.140. The Morgan fingerprint density at radius 1 is 1.14 bits per heavy atom. The molecule has 3 rings (SSSR count). The Kier molecular flexibility index (Phi) is 5.18. The van der Waals surface area contributed by atoms with Gasteiger partial charge < -0.3 is 19.9 Å². The first kappa shape index (κ1) is 15.6. The standard InChI is InChI=1S/C16H27N3O3/c20-15(12-22-14-6-2-1-3-7-14)18-9-4-5-13(11-18)19-10-8-17-16(19)21/h13-14H,1-12H2,(H,17,21). The molecule has 1 saturated carbocycles. The van der Waals surface area contributed by atoms with E-state index in [9.17, 15) is 9.59 Å². The second kappa shape index (κ2) is 7.31. The molecule has 6 heteroatoms. The van der Waals surface area contributed by atoms with Crippen molar-refractivity contribution in [3.05, 3.63) is 0 Å². The van der Waals surface area contributed by atoms with E-state index in [-0.39, 0.29) is 30.7 Å². The number of nitrogens with zero attached hydrogens (tertiary/aromatic N) is 2. The molecule has 0 bridgehead atoms. The average molecular weight is 309 g/mol. The second-order valence-electron chi connectivity index (χ2n) is 6.63. The van der Waals surface area contributed by atoms with E-state index in [0.29, 0.717) is 13.1 Å². The first-order chi connectivity index (χ1) is 10.7. The van der Waals surface area contributed by atoms with Crippen LogP contribution in [0.15, 0.2) is 0 Å². The minimum absolute atomic E-state index is 0.0118. The Morgan fingerprint density at radius 3 is 2.68 bits per heavy atom. The fourth-order valence-electron chi connectivity index (χ4n) is 3.78. The molecule has 0 radical (unpaired) electrons. The molecule has 22 heavy (non-hydrogen) atoms. The molecule has 2 aliphatic heterocycles. The summed E-state index contributed by atoms with van der Waals surface area (Å²) in [6.07, 6.45) is 8.11. The van der Waals surface area contributed by atoms with Gasteiger partial charge >= 0.3 is 6.03 Å². The number of amides is 3. The van der Waals surface area contributed by atoms with E-state index in [0.717, 1.165) is 38.8 Å². The molecule has 0 spiro atoms. The molecule has 3 fully saturated rings. The lowest BCUT2D eigenvalue weighted by Gasteiger charge is -2.37. The van der Waals surface area contributed by atoms with Crippen LogP contribution in [0, 0.1) is 0 Å². The molecular weight excluding hydrogens is 282 g/mol. The van der Waals surface area contributed by atoms with Gasteiger partial charge in [0, 0.05) is 26.2 Å². The maximum atomic E-state index is 12.4. The van der Waals surface area contributed by atoms with Gasteiger partial charge in [-0.3, -0.25) is 4.79 Å². The maximum Gasteiger partial charge on any atom is 0.317 e. The molecule has 0 aromatic carbocycles. The number of hydrogen-bond donors (Lipinski definition) is 1. The third-order valence-corrected chi connectivity index (χ3v) is 5.07. The van der Waals surface area contributed by atoms with Crippen LogP contribution in [0.4, 0.5) is 4.79 Å². The van der Waals surface area contributed by atoms with Crippen molar-refractivity contribution in [1.29, 1.82) is 0 Å². The number of nitrogens with one attached hydrogen (secondary N) is 1. The molecule has 3 aliphatic rings. The summed E-state index contributed by atoms with van der Waals surface area (Å²) in [7, 11) is 0. The van der Waals surface area contributed by atoms with Gasteiger partial charge in [0.1, 0.15) is 6.61 Å². The largest absolute Gasteiger partial charge is 0.368 e. The van der Waals surface area contributed by atoms with Crippen molar-refractivity contribution in [2.75, 3.05) is 32.8 Å². The van der Waals surface area contributed by atoms with Crippen LogP contribution < -0.4 is 5.32 Å². The number of rotatable bonds is 4. The number of likely N-dealkylation sites (tertiary alicyclic amines) is 1. The number of hydrogen-bond acceptors (Lipinski definition) is 3. The minimum atomic E-state index is 0.0118. The van der Waals surface area contributed by atoms with Crippen LogP contribution in [0.3, 0.4) is 0 Å². The molecule has 0 aromatic rings. The van der Waals surface area contributed by atoms with Gasteiger partial charge in [-0.15, -0.1) is 0 Å². The maximum absolute atomic E-state index is 12.4. The van der Waals surface area contributed by atoms with Crippen molar-refractivity contribution in [2.45, 2.75) is 57.1 Å².